The number of imidazole rings is 1. The topological polar surface area (TPSA) is 127 Å². The summed E-state index contributed by atoms with van der Waals surface area (Å²) in [6.07, 6.45) is 4.01. The second-order valence-electron chi connectivity index (χ2n) is 9.76. The van der Waals surface area contributed by atoms with Crippen LogP contribution in [-0.2, 0) is 6.42 Å². The summed E-state index contributed by atoms with van der Waals surface area (Å²) < 4.78 is 2.02. The molecule has 0 saturated carbocycles. The Morgan fingerprint density at radius 1 is 0.974 bits per heavy atom. The first-order chi connectivity index (χ1) is 19.1. The van der Waals surface area contributed by atoms with Gasteiger partial charge in [0.2, 0.25) is 0 Å². The molecule has 4 aromatic heterocycles. The highest BCUT2D eigenvalue weighted by atomic mass is 35.5. The van der Waals surface area contributed by atoms with Gasteiger partial charge in [-0.15, -0.1) is 10.2 Å². The fourth-order valence-electron chi connectivity index (χ4n) is 5.35. The number of piperidine rings is 1. The standard InChI is InChI=1S/C28H25ClN10/c29-22-8-9-24(36-35-22)38-12-10-19(11-13-38)39-28-25(27(30)31-16-32-28)26(37-39)18-6-7-20-21(15-18)34-23(33-20)14-17-4-2-1-3-5-17/h1-9,15-16,19H,10-14H2,(H,33,34)(H2,30,31,32). The Balaban J connectivity index is 1.20. The lowest BCUT2D eigenvalue weighted by Gasteiger charge is -2.32. The van der Waals surface area contributed by atoms with E-state index in [0.29, 0.717) is 11.0 Å². The molecule has 11 heteroatoms. The molecular formula is C28H25ClN10. The molecule has 0 amide bonds. The number of aromatic amines is 1. The lowest BCUT2D eigenvalue weighted by atomic mass is 10.1. The summed E-state index contributed by atoms with van der Waals surface area (Å²) in [5.74, 6) is 2.17. The van der Waals surface area contributed by atoms with Crippen molar-refractivity contribution in [3.05, 3.63) is 83.5 Å². The third kappa shape index (κ3) is 4.42. The van der Waals surface area contributed by atoms with Crippen LogP contribution >= 0.6 is 11.6 Å². The molecule has 1 fully saturated rings. The van der Waals surface area contributed by atoms with Crippen LogP contribution in [0.4, 0.5) is 11.6 Å². The smallest absolute Gasteiger partial charge is 0.164 e. The van der Waals surface area contributed by atoms with E-state index in [1.807, 2.05) is 41.1 Å². The van der Waals surface area contributed by atoms with Crippen LogP contribution in [0.15, 0.2) is 67.0 Å². The Bertz CT molecular complexity index is 1770. The summed E-state index contributed by atoms with van der Waals surface area (Å²) in [5, 5.41) is 14.4. The lowest BCUT2D eigenvalue weighted by Crippen LogP contribution is -2.35. The Morgan fingerprint density at radius 2 is 1.82 bits per heavy atom. The van der Waals surface area contributed by atoms with E-state index in [2.05, 4.69) is 48.2 Å². The highest BCUT2D eigenvalue weighted by Gasteiger charge is 2.27. The van der Waals surface area contributed by atoms with Crippen molar-refractivity contribution in [2.75, 3.05) is 23.7 Å². The van der Waals surface area contributed by atoms with E-state index in [0.717, 1.165) is 77.3 Å². The monoisotopic (exact) mass is 536 g/mol. The number of halogens is 1. The predicted octanol–water partition coefficient (Wildman–Crippen LogP) is 4.83. The zero-order valence-electron chi connectivity index (χ0n) is 21.0. The molecule has 39 heavy (non-hydrogen) atoms. The molecule has 6 aromatic rings. The van der Waals surface area contributed by atoms with Crippen LogP contribution in [0.5, 0.6) is 0 Å². The largest absolute Gasteiger partial charge is 0.383 e. The van der Waals surface area contributed by atoms with Crippen LogP contribution in [0.25, 0.3) is 33.3 Å². The summed E-state index contributed by atoms with van der Waals surface area (Å²) >= 11 is 5.91. The van der Waals surface area contributed by atoms with Crippen LogP contribution in [-0.4, -0.2) is 53.0 Å². The second kappa shape index (κ2) is 9.63. The first-order valence-electron chi connectivity index (χ1n) is 12.9. The van der Waals surface area contributed by atoms with Crippen molar-refractivity contribution in [1.82, 2.24) is 39.9 Å². The number of nitrogens with zero attached hydrogens (tertiary/aromatic N) is 8. The average molecular weight is 537 g/mol. The first kappa shape index (κ1) is 23.5. The molecule has 5 heterocycles. The van der Waals surface area contributed by atoms with Crippen molar-refractivity contribution in [3.63, 3.8) is 0 Å². The van der Waals surface area contributed by atoms with Crippen molar-refractivity contribution >= 4 is 45.3 Å². The molecule has 1 aliphatic rings. The fraction of sp³-hybridized carbons (Fsp3) is 0.214. The molecule has 194 valence electrons. The van der Waals surface area contributed by atoms with Gasteiger partial charge in [-0.05, 0) is 42.7 Å². The van der Waals surface area contributed by atoms with Crippen molar-refractivity contribution in [3.8, 4) is 11.3 Å². The molecule has 0 aliphatic carbocycles. The molecule has 10 nitrogen and oxygen atoms in total. The fourth-order valence-corrected chi connectivity index (χ4v) is 5.45. The van der Waals surface area contributed by atoms with Crippen molar-refractivity contribution in [2.45, 2.75) is 25.3 Å². The van der Waals surface area contributed by atoms with Crippen LogP contribution in [0.3, 0.4) is 0 Å². The SMILES string of the molecule is Nc1ncnc2c1c(-c1ccc3nc(Cc4ccccc4)[nH]c3c1)nn2C1CCN(c2ccc(Cl)nn2)CC1. The van der Waals surface area contributed by atoms with Gasteiger partial charge < -0.3 is 15.6 Å². The van der Waals surface area contributed by atoms with E-state index in [4.69, 9.17) is 27.4 Å². The predicted molar refractivity (Wildman–Crippen MR) is 152 cm³/mol. The maximum absolute atomic E-state index is 6.39. The number of fused-ring (bicyclic) bond motifs is 2. The summed E-state index contributed by atoms with van der Waals surface area (Å²) in [6, 6.07) is 20.3. The van der Waals surface area contributed by atoms with Crippen molar-refractivity contribution < 1.29 is 0 Å². The number of nitrogens with one attached hydrogen (secondary N) is 1. The minimum Gasteiger partial charge on any atom is -0.383 e. The Labute approximate surface area is 228 Å². The zero-order chi connectivity index (χ0) is 26.3. The number of nitrogens with two attached hydrogens (primary N) is 1. The maximum Gasteiger partial charge on any atom is 0.164 e. The van der Waals surface area contributed by atoms with Gasteiger partial charge in [0.05, 0.1) is 22.5 Å². The number of anilines is 2. The van der Waals surface area contributed by atoms with Gasteiger partial charge in [0, 0.05) is 25.1 Å². The molecule has 0 spiro atoms. The minimum atomic E-state index is 0.167. The lowest BCUT2D eigenvalue weighted by molar-refractivity contribution is 0.373. The van der Waals surface area contributed by atoms with Gasteiger partial charge in [-0.1, -0.05) is 48.0 Å². The number of hydrogen-bond donors (Lipinski definition) is 2. The summed E-state index contributed by atoms with van der Waals surface area (Å²) in [6.45, 7) is 1.64. The van der Waals surface area contributed by atoms with E-state index < -0.39 is 0 Å². The van der Waals surface area contributed by atoms with Crippen molar-refractivity contribution in [1.29, 1.82) is 0 Å². The van der Waals surface area contributed by atoms with Gasteiger partial charge in [-0.25, -0.2) is 19.6 Å². The molecule has 0 unspecified atom stereocenters. The number of hydrogen-bond acceptors (Lipinski definition) is 8. The van der Waals surface area contributed by atoms with E-state index in [1.165, 1.54) is 11.9 Å². The van der Waals surface area contributed by atoms with Gasteiger partial charge in [-0.2, -0.15) is 5.10 Å². The van der Waals surface area contributed by atoms with Crippen LogP contribution in [0, 0.1) is 0 Å². The number of rotatable bonds is 5. The normalized spacial score (nSPS) is 14.4. The molecule has 3 N–H and O–H groups in total. The van der Waals surface area contributed by atoms with Crippen LogP contribution in [0.1, 0.15) is 30.3 Å². The Kier molecular flexibility index (Phi) is 5.81. The van der Waals surface area contributed by atoms with Gasteiger partial charge in [-0.3, -0.25) is 0 Å². The average Bonchev–Trinajstić information content (AvgIpc) is 3.56. The Morgan fingerprint density at radius 3 is 2.62 bits per heavy atom. The maximum atomic E-state index is 6.39. The van der Waals surface area contributed by atoms with Gasteiger partial charge >= 0.3 is 0 Å². The number of benzene rings is 2. The molecule has 0 atom stereocenters. The van der Waals surface area contributed by atoms with Gasteiger partial charge in [0.25, 0.3) is 0 Å². The summed E-state index contributed by atoms with van der Waals surface area (Å²) in [5.41, 5.74) is 11.9. The van der Waals surface area contributed by atoms with Crippen molar-refractivity contribution in [2.24, 2.45) is 0 Å². The van der Waals surface area contributed by atoms with Crippen LogP contribution in [0.2, 0.25) is 5.15 Å². The summed E-state index contributed by atoms with van der Waals surface area (Å²) in [7, 11) is 0. The quantitative estimate of drug-likeness (QED) is 0.321. The van der Waals surface area contributed by atoms with Crippen LogP contribution < -0.4 is 10.6 Å². The molecule has 0 radical (unpaired) electrons. The zero-order valence-corrected chi connectivity index (χ0v) is 21.8. The molecule has 1 saturated heterocycles. The Hall–Kier alpha value is -4.57. The first-order valence-corrected chi connectivity index (χ1v) is 13.3. The third-order valence-corrected chi connectivity index (χ3v) is 7.49. The van der Waals surface area contributed by atoms with E-state index in [9.17, 15) is 0 Å². The second-order valence-corrected chi connectivity index (χ2v) is 10.1. The molecule has 1 aliphatic heterocycles. The van der Waals surface area contributed by atoms with Gasteiger partial charge in [0.1, 0.15) is 23.7 Å². The summed E-state index contributed by atoms with van der Waals surface area (Å²) in [4.78, 5) is 19.4. The molecule has 7 rings (SSSR count). The highest BCUT2D eigenvalue weighted by molar-refractivity contribution is 6.29. The van der Waals surface area contributed by atoms with E-state index in [-0.39, 0.29) is 6.04 Å². The molecule has 0 bridgehead atoms. The molecular weight excluding hydrogens is 512 g/mol. The number of aromatic nitrogens is 8. The minimum absolute atomic E-state index is 0.167. The highest BCUT2D eigenvalue weighted by Crippen LogP contribution is 2.35. The van der Waals surface area contributed by atoms with E-state index in [1.54, 1.807) is 6.07 Å². The van der Waals surface area contributed by atoms with E-state index >= 15 is 0 Å². The molecule has 2 aromatic carbocycles. The third-order valence-electron chi connectivity index (χ3n) is 7.29. The van der Waals surface area contributed by atoms with Gasteiger partial charge in [0.15, 0.2) is 16.6 Å². The number of nitrogen functional groups attached to an aromatic ring is 1. The number of H-pyrrole nitrogens is 1.